The molecule has 0 aromatic heterocycles. The topological polar surface area (TPSA) is 29.5 Å². The lowest BCUT2D eigenvalue weighted by Crippen LogP contribution is -2.34. The predicted octanol–water partition coefficient (Wildman–Crippen LogP) is 4.07. The van der Waals surface area contributed by atoms with Crippen LogP contribution in [0.4, 0.5) is 0 Å². The largest absolute Gasteiger partial charge is 0.426 e. The highest BCUT2D eigenvalue weighted by Gasteiger charge is 2.25. The average molecular weight is 321 g/mol. The van der Waals surface area contributed by atoms with E-state index < -0.39 is 0 Å². The summed E-state index contributed by atoms with van der Waals surface area (Å²) < 4.78 is 5.82. The summed E-state index contributed by atoms with van der Waals surface area (Å²) in [4.78, 5) is 14.8. The average Bonchev–Trinajstić information content (AvgIpc) is 2.63. The quantitative estimate of drug-likeness (QED) is 0.483. The Labute approximate surface area is 143 Å². The number of rotatable bonds is 4. The molecule has 3 rings (SSSR count). The SMILES string of the molecule is CN1CCC(C(=O)O/C(=C\c2ccccc2)c2ccccc2)CC1. The van der Waals surface area contributed by atoms with Gasteiger partial charge in [0.05, 0.1) is 5.92 Å². The number of piperidine rings is 1. The normalized spacial score (nSPS) is 16.8. The van der Waals surface area contributed by atoms with Gasteiger partial charge in [0, 0.05) is 5.56 Å². The van der Waals surface area contributed by atoms with Crippen molar-refractivity contribution in [1.82, 2.24) is 4.90 Å². The standard InChI is InChI=1S/C21H23NO2/c1-22-14-12-19(13-15-22)21(23)24-20(18-10-6-3-7-11-18)16-17-8-4-2-5-9-17/h2-11,16,19H,12-15H2,1H3/b20-16-. The Morgan fingerprint density at radius 3 is 2.21 bits per heavy atom. The molecule has 1 saturated heterocycles. The second-order valence-corrected chi connectivity index (χ2v) is 6.28. The van der Waals surface area contributed by atoms with Crippen molar-refractivity contribution in [2.24, 2.45) is 5.92 Å². The van der Waals surface area contributed by atoms with E-state index in [-0.39, 0.29) is 11.9 Å². The smallest absolute Gasteiger partial charge is 0.314 e. The van der Waals surface area contributed by atoms with Crippen LogP contribution in [0.3, 0.4) is 0 Å². The molecule has 2 aromatic carbocycles. The van der Waals surface area contributed by atoms with Gasteiger partial charge in [-0.3, -0.25) is 4.79 Å². The first-order chi connectivity index (χ1) is 11.7. The Bertz CT molecular complexity index is 686. The van der Waals surface area contributed by atoms with Gasteiger partial charge in [-0.15, -0.1) is 0 Å². The van der Waals surface area contributed by atoms with Crippen molar-refractivity contribution >= 4 is 17.8 Å². The van der Waals surface area contributed by atoms with Crippen LogP contribution in [0, 0.1) is 5.92 Å². The van der Waals surface area contributed by atoms with E-state index in [0.717, 1.165) is 37.1 Å². The van der Waals surface area contributed by atoms with Crippen LogP contribution in [0.15, 0.2) is 60.7 Å². The van der Waals surface area contributed by atoms with Crippen LogP contribution in [0.1, 0.15) is 24.0 Å². The van der Waals surface area contributed by atoms with Gasteiger partial charge in [-0.25, -0.2) is 0 Å². The van der Waals surface area contributed by atoms with Crippen LogP contribution >= 0.6 is 0 Å². The molecular formula is C21H23NO2. The molecule has 0 bridgehead atoms. The number of ether oxygens (including phenoxy) is 1. The first-order valence-corrected chi connectivity index (χ1v) is 8.45. The lowest BCUT2D eigenvalue weighted by molar-refractivity contribution is -0.142. The Balaban J connectivity index is 1.80. The number of esters is 1. The number of likely N-dealkylation sites (tertiary alicyclic amines) is 1. The number of hydrogen-bond acceptors (Lipinski definition) is 3. The zero-order chi connectivity index (χ0) is 16.8. The number of carbonyl (C=O) groups excluding carboxylic acids is 1. The minimum absolute atomic E-state index is 0.0101. The molecular weight excluding hydrogens is 298 g/mol. The predicted molar refractivity (Wildman–Crippen MR) is 97.1 cm³/mol. The molecule has 2 aromatic rings. The number of carbonyl (C=O) groups is 1. The molecule has 24 heavy (non-hydrogen) atoms. The van der Waals surface area contributed by atoms with E-state index >= 15 is 0 Å². The van der Waals surface area contributed by atoms with Crippen molar-refractivity contribution in [1.29, 1.82) is 0 Å². The van der Waals surface area contributed by atoms with Gasteiger partial charge in [-0.1, -0.05) is 60.7 Å². The van der Waals surface area contributed by atoms with E-state index in [4.69, 9.17) is 4.74 Å². The number of benzene rings is 2. The fraction of sp³-hybridized carbons (Fsp3) is 0.286. The second kappa shape index (κ2) is 7.93. The van der Waals surface area contributed by atoms with Crippen LogP contribution in [0.25, 0.3) is 11.8 Å². The summed E-state index contributed by atoms with van der Waals surface area (Å²) in [5, 5.41) is 0. The van der Waals surface area contributed by atoms with Crippen molar-refractivity contribution in [3.63, 3.8) is 0 Å². The lowest BCUT2D eigenvalue weighted by atomic mass is 9.97. The maximum atomic E-state index is 12.6. The molecule has 1 heterocycles. The summed E-state index contributed by atoms with van der Waals surface area (Å²) in [5.41, 5.74) is 1.94. The van der Waals surface area contributed by atoms with Crippen LogP contribution < -0.4 is 0 Å². The van der Waals surface area contributed by atoms with Gasteiger partial charge in [0.1, 0.15) is 5.76 Å². The molecule has 0 amide bonds. The molecule has 0 N–H and O–H groups in total. The first kappa shape index (κ1) is 16.5. The zero-order valence-electron chi connectivity index (χ0n) is 14.0. The van der Waals surface area contributed by atoms with Gasteiger partial charge < -0.3 is 9.64 Å². The van der Waals surface area contributed by atoms with Gasteiger partial charge in [-0.05, 0) is 44.6 Å². The van der Waals surface area contributed by atoms with Crippen molar-refractivity contribution in [2.45, 2.75) is 12.8 Å². The minimum atomic E-state index is -0.117. The number of nitrogens with zero attached hydrogens (tertiary/aromatic N) is 1. The van der Waals surface area contributed by atoms with Crippen molar-refractivity contribution < 1.29 is 9.53 Å². The van der Waals surface area contributed by atoms with Gasteiger partial charge in [0.15, 0.2) is 0 Å². The van der Waals surface area contributed by atoms with E-state index in [2.05, 4.69) is 11.9 Å². The Morgan fingerprint density at radius 1 is 1.00 bits per heavy atom. The van der Waals surface area contributed by atoms with E-state index in [1.165, 1.54) is 0 Å². The maximum absolute atomic E-state index is 12.6. The summed E-state index contributed by atoms with van der Waals surface area (Å²) >= 11 is 0. The van der Waals surface area contributed by atoms with Gasteiger partial charge in [0.25, 0.3) is 0 Å². The molecule has 1 aliphatic rings. The summed E-state index contributed by atoms with van der Waals surface area (Å²) in [7, 11) is 2.09. The Morgan fingerprint density at radius 2 is 1.58 bits per heavy atom. The van der Waals surface area contributed by atoms with E-state index in [0.29, 0.717) is 5.76 Å². The molecule has 0 radical (unpaired) electrons. The van der Waals surface area contributed by atoms with Gasteiger partial charge in [0.2, 0.25) is 0 Å². The summed E-state index contributed by atoms with van der Waals surface area (Å²) in [6, 6.07) is 19.8. The molecule has 0 atom stereocenters. The number of hydrogen-bond donors (Lipinski definition) is 0. The highest BCUT2D eigenvalue weighted by atomic mass is 16.5. The first-order valence-electron chi connectivity index (χ1n) is 8.45. The van der Waals surface area contributed by atoms with Crippen LogP contribution in [0.5, 0.6) is 0 Å². The molecule has 0 unspecified atom stereocenters. The molecule has 0 spiro atoms. The fourth-order valence-electron chi connectivity index (χ4n) is 2.91. The molecule has 3 nitrogen and oxygen atoms in total. The summed E-state index contributed by atoms with van der Waals surface area (Å²) in [6.07, 6.45) is 3.66. The third-order valence-corrected chi connectivity index (χ3v) is 4.42. The van der Waals surface area contributed by atoms with Gasteiger partial charge >= 0.3 is 5.97 Å². The Hall–Kier alpha value is -2.39. The third-order valence-electron chi connectivity index (χ3n) is 4.42. The minimum Gasteiger partial charge on any atom is -0.426 e. The third kappa shape index (κ3) is 4.33. The van der Waals surface area contributed by atoms with E-state index in [1.54, 1.807) is 0 Å². The van der Waals surface area contributed by atoms with E-state index in [1.807, 2.05) is 66.7 Å². The van der Waals surface area contributed by atoms with Crippen molar-refractivity contribution in [3.05, 3.63) is 71.8 Å². The molecule has 124 valence electrons. The van der Waals surface area contributed by atoms with Crippen LogP contribution in [-0.4, -0.2) is 31.0 Å². The highest BCUT2D eigenvalue weighted by molar-refractivity contribution is 5.86. The molecule has 1 aliphatic heterocycles. The van der Waals surface area contributed by atoms with Crippen LogP contribution in [0.2, 0.25) is 0 Å². The molecule has 1 fully saturated rings. The second-order valence-electron chi connectivity index (χ2n) is 6.28. The van der Waals surface area contributed by atoms with Crippen LogP contribution in [-0.2, 0) is 9.53 Å². The molecule has 3 heteroatoms. The zero-order valence-corrected chi connectivity index (χ0v) is 14.0. The van der Waals surface area contributed by atoms with Gasteiger partial charge in [-0.2, -0.15) is 0 Å². The van der Waals surface area contributed by atoms with Crippen molar-refractivity contribution in [2.75, 3.05) is 20.1 Å². The Kier molecular flexibility index (Phi) is 5.44. The summed E-state index contributed by atoms with van der Waals surface area (Å²) in [5.74, 6) is 0.490. The van der Waals surface area contributed by atoms with E-state index in [9.17, 15) is 4.79 Å². The highest BCUT2D eigenvalue weighted by Crippen LogP contribution is 2.24. The monoisotopic (exact) mass is 321 g/mol. The van der Waals surface area contributed by atoms with Crippen molar-refractivity contribution in [3.8, 4) is 0 Å². The summed E-state index contributed by atoms with van der Waals surface area (Å²) in [6.45, 7) is 1.89. The maximum Gasteiger partial charge on any atom is 0.314 e. The lowest BCUT2D eigenvalue weighted by Gasteiger charge is -2.27. The fourth-order valence-corrected chi connectivity index (χ4v) is 2.91. The molecule has 0 saturated carbocycles. The molecule has 0 aliphatic carbocycles.